The number of anilines is 1. The SMILES string of the molecule is O=C(/C=C/c1ccc(O)cc1)c1ccc(NS(=O)(=O)c2ccc(Cl)cc2)cc1. The first-order chi connectivity index (χ1) is 13.3. The van der Waals surface area contributed by atoms with Gasteiger partial charge >= 0.3 is 0 Å². The fourth-order valence-corrected chi connectivity index (χ4v) is 3.57. The molecule has 0 saturated heterocycles. The minimum absolute atomic E-state index is 0.0916. The van der Waals surface area contributed by atoms with Gasteiger partial charge in [0.2, 0.25) is 0 Å². The highest BCUT2D eigenvalue weighted by atomic mass is 35.5. The van der Waals surface area contributed by atoms with Crippen molar-refractivity contribution in [2.75, 3.05) is 4.72 Å². The van der Waals surface area contributed by atoms with Crippen LogP contribution in [-0.2, 0) is 10.0 Å². The van der Waals surface area contributed by atoms with E-state index in [-0.39, 0.29) is 16.4 Å². The van der Waals surface area contributed by atoms with Crippen molar-refractivity contribution in [3.8, 4) is 5.75 Å². The summed E-state index contributed by atoms with van der Waals surface area (Å²) in [4.78, 5) is 12.3. The molecule has 0 aliphatic heterocycles. The number of sulfonamides is 1. The van der Waals surface area contributed by atoms with Gasteiger partial charge in [-0.1, -0.05) is 29.8 Å². The lowest BCUT2D eigenvalue weighted by molar-refractivity contribution is 0.104. The molecule has 0 bridgehead atoms. The number of benzene rings is 3. The first-order valence-electron chi connectivity index (χ1n) is 8.23. The van der Waals surface area contributed by atoms with Crippen LogP contribution in [0.1, 0.15) is 15.9 Å². The summed E-state index contributed by atoms with van der Waals surface area (Å²) in [7, 11) is -3.74. The summed E-state index contributed by atoms with van der Waals surface area (Å²) >= 11 is 5.78. The number of allylic oxidation sites excluding steroid dienone is 1. The molecule has 2 N–H and O–H groups in total. The van der Waals surface area contributed by atoms with E-state index in [4.69, 9.17) is 11.6 Å². The van der Waals surface area contributed by atoms with Crippen LogP contribution in [0.4, 0.5) is 5.69 Å². The molecule has 0 amide bonds. The second kappa shape index (κ2) is 8.29. The van der Waals surface area contributed by atoms with Gasteiger partial charge in [0, 0.05) is 16.3 Å². The Hall–Kier alpha value is -3.09. The van der Waals surface area contributed by atoms with Crippen LogP contribution >= 0.6 is 11.6 Å². The Morgan fingerprint density at radius 3 is 2.11 bits per heavy atom. The number of halogens is 1. The van der Waals surface area contributed by atoms with Gasteiger partial charge in [0.25, 0.3) is 10.0 Å². The lowest BCUT2D eigenvalue weighted by atomic mass is 10.1. The molecule has 0 aliphatic carbocycles. The van der Waals surface area contributed by atoms with Gasteiger partial charge < -0.3 is 5.11 Å². The molecule has 3 aromatic rings. The predicted octanol–water partition coefficient (Wildman–Crippen LogP) is 4.74. The van der Waals surface area contributed by atoms with Crippen molar-refractivity contribution in [1.82, 2.24) is 0 Å². The number of phenolic OH excluding ortho intramolecular Hbond substituents is 1. The molecule has 0 radical (unpaired) electrons. The monoisotopic (exact) mass is 413 g/mol. The van der Waals surface area contributed by atoms with E-state index < -0.39 is 10.0 Å². The number of carbonyl (C=O) groups excluding carboxylic acids is 1. The summed E-state index contributed by atoms with van der Waals surface area (Å²) in [5, 5.41) is 9.70. The Morgan fingerprint density at radius 2 is 1.50 bits per heavy atom. The van der Waals surface area contributed by atoms with E-state index in [1.165, 1.54) is 54.6 Å². The third-order valence-electron chi connectivity index (χ3n) is 3.87. The largest absolute Gasteiger partial charge is 0.508 e. The molecule has 3 rings (SSSR count). The van der Waals surface area contributed by atoms with Gasteiger partial charge in [0.1, 0.15) is 5.75 Å². The van der Waals surface area contributed by atoms with Crippen LogP contribution in [0.3, 0.4) is 0 Å². The predicted molar refractivity (Wildman–Crippen MR) is 110 cm³/mol. The van der Waals surface area contributed by atoms with E-state index in [9.17, 15) is 18.3 Å². The van der Waals surface area contributed by atoms with Crippen LogP contribution in [0.2, 0.25) is 5.02 Å². The van der Waals surface area contributed by atoms with Crippen LogP contribution in [-0.4, -0.2) is 19.3 Å². The first-order valence-corrected chi connectivity index (χ1v) is 10.1. The van der Waals surface area contributed by atoms with Gasteiger partial charge in [0.05, 0.1) is 4.90 Å². The summed E-state index contributed by atoms with van der Waals surface area (Å²) in [6, 6.07) is 18.4. The van der Waals surface area contributed by atoms with Crippen molar-refractivity contribution in [3.63, 3.8) is 0 Å². The summed E-state index contributed by atoms with van der Waals surface area (Å²) < 4.78 is 27.2. The van der Waals surface area contributed by atoms with Crippen LogP contribution in [0.5, 0.6) is 5.75 Å². The Kier molecular flexibility index (Phi) is 5.82. The molecule has 3 aromatic carbocycles. The lowest BCUT2D eigenvalue weighted by Gasteiger charge is -2.08. The van der Waals surface area contributed by atoms with Crippen LogP contribution in [0.15, 0.2) is 83.8 Å². The van der Waals surface area contributed by atoms with Crippen molar-refractivity contribution in [2.24, 2.45) is 0 Å². The average Bonchev–Trinajstić information content (AvgIpc) is 2.68. The molecule has 142 valence electrons. The normalized spacial score (nSPS) is 11.5. The van der Waals surface area contributed by atoms with Gasteiger partial charge in [-0.05, 0) is 72.3 Å². The van der Waals surface area contributed by atoms with E-state index in [0.29, 0.717) is 16.3 Å². The smallest absolute Gasteiger partial charge is 0.261 e. The van der Waals surface area contributed by atoms with Crippen LogP contribution in [0.25, 0.3) is 6.08 Å². The van der Waals surface area contributed by atoms with Crippen molar-refractivity contribution in [3.05, 3.63) is 95.0 Å². The molecule has 0 aliphatic rings. The Morgan fingerprint density at radius 1 is 0.893 bits per heavy atom. The summed E-state index contributed by atoms with van der Waals surface area (Å²) in [6.07, 6.45) is 3.05. The van der Waals surface area contributed by atoms with Crippen LogP contribution in [0, 0.1) is 0 Å². The molecule has 28 heavy (non-hydrogen) atoms. The molecule has 0 heterocycles. The number of carbonyl (C=O) groups is 1. The molecular weight excluding hydrogens is 398 g/mol. The van der Waals surface area contributed by atoms with E-state index in [0.717, 1.165) is 5.56 Å². The highest BCUT2D eigenvalue weighted by Crippen LogP contribution is 2.19. The third-order valence-corrected chi connectivity index (χ3v) is 5.51. The van der Waals surface area contributed by atoms with Crippen molar-refractivity contribution in [1.29, 1.82) is 0 Å². The summed E-state index contributed by atoms with van der Waals surface area (Å²) in [5.41, 5.74) is 1.54. The zero-order chi connectivity index (χ0) is 20.1. The zero-order valence-corrected chi connectivity index (χ0v) is 16.1. The summed E-state index contributed by atoms with van der Waals surface area (Å²) in [5.74, 6) is -0.0692. The van der Waals surface area contributed by atoms with Crippen LogP contribution < -0.4 is 4.72 Å². The standard InChI is InChI=1S/C21H16ClNO4S/c22-17-6-12-20(13-7-17)28(26,27)23-18-8-4-16(5-9-18)21(25)14-3-15-1-10-19(24)11-2-15/h1-14,23-24H/b14-3+. The molecular formula is C21H16ClNO4S. The maximum absolute atomic E-state index is 12.4. The molecule has 0 saturated carbocycles. The Balaban J connectivity index is 1.69. The van der Waals surface area contributed by atoms with Gasteiger partial charge in [-0.15, -0.1) is 0 Å². The van der Waals surface area contributed by atoms with E-state index >= 15 is 0 Å². The number of rotatable bonds is 6. The maximum Gasteiger partial charge on any atom is 0.261 e. The second-order valence-electron chi connectivity index (χ2n) is 5.93. The average molecular weight is 414 g/mol. The first kappa shape index (κ1) is 19.7. The highest BCUT2D eigenvalue weighted by Gasteiger charge is 2.14. The van der Waals surface area contributed by atoms with E-state index in [2.05, 4.69) is 4.72 Å². The van der Waals surface area contributed by atoms with Gasteiger partial charge in [-0.3, -0.25) is 9.52 Å². The Bertz CT molecular complexity index is 1100. The topological polar surface area (TPSA) is 83.5 Å². The molecule has 0 unspecified atom stereocenters. The third kappa shape index (κ3) is 5.00. The maximum atomic E-state index is 12.4. The molecule has 7 heteroatoms. The fourth-order valence-electron chi connectivity index (χ4n) is 2.38. The fraction of sp³-hybridized carbons (Fsp3) is 0. The quantitative estimate of drug-likeness (QED) is 0.451. The van der Waals surface area contributed by atoms with Crippen molar-refractivity contribution < 1.29 is 18.3 Å². The van der Waals surface area contributed by atoms with E-state index in [1.54, 1.807) is 30.3 Å². The van der Waals surface area contributed by atoms with Gasteiger partial charge in [-0.25, -0.2) is 8.42 Å². The number of nitrogens with one attached hydrogen (secondary N) is 1. The number of phenols is 1. The summed E-state index contributed by atoms with van der Waals surface area (Å²) in [6.45, 7) is 0. The number of hydrogen-bond donors (Lipinski definition) is 2. The number of aromatic hydroxyl groups is 1. The molecule has 0 spiro atoms. The Labute approximate surface area is 168 Å². The lowest BCUT2D eigenvalue weighted by Crippen LogP contribution is -2.12. The molecule has 0 atom stereocenters. The minimum Gasteiger partial charge on any atom is -0.508 e. The number of hydrogen-bond acceptors (Lipinski definition) is 4. The molecule has 0 aromatic heterocycles. The minimum atomic E-state index is -3.74. The highest BCUT2D eigenvalue weighted by molar-refractivity contribution is 7.92. The van der Waals surface area contributed by atoms with Crippen molar-refractivity contribution in [2.45, 2.75) is 4.90 Å². The second-order valence-corrected chi connectivity index (χ2v) is 8.04. The van der Waals surface area contributed by atoms with E-state index in [1.807, 2.05) is 0 Å². The van der Waals surface area contributed by atoms with Gasteiger partial charge in [-0.2, -0.15) is 0 Å². The number of ketones is 1. The zero-order valence-electron chi connectivity index (χ0n) is 14.5. The van der Waals surface area contributed by atoms with Gasteiger partial charge in [0.15, 0.2) is 5.78 Å². The van der Waals surface area contributed by atoms with Crippen molar-refractivity contribution >= 4 is 39.2 Å². The molecule has 5 nitrogen and oxygen atoms in total. The molecule has 0 fully saturated rings.